The molecule has 1 aromatic heterocycles. The van der Waals surface area contributed by atoms with Crippen LogP contribution in [0.1, 0.15) is 33.7 Å². The Balaban J connectivity index is 1.66. The number of rotatable bonds is 7. The topological polar surface area (TPSA) is 79.7 Å². The lowest BCUT2D eigenvalue weighted by Crippen LogP contribution is -2.10. The van der Waals surface area contributed by atoms with E-state index in [0.29, 0.717) is 17.7 Å². The molecular formula is C23H24N2O5. The molecule has 0 aliphatic heterocycles. The summed E-state index contributed by atoms with van der Waals surface area (Å²) in [5.41, 5.74) is 4.14. The predicted molar refractivity (Wildman–Crippen MR) is 111 cm³/mol. The van der Waals surface area contributed by atoms with Crippen molar-refractivity contribution in [2.45, 2.75) is 26.7 Å². The van der Waals surface area contributed by atoms with Crippen LogP contribution in [0.4, 0.5) is 0 Å². The first kappa shape index (κ1) is 21.1. The molecule has 0 radical (unpaired) electrons. The lowest BCUT2D eigenvalue weighted by Gasteiger charge is -2.08. The molecule has 0 saturated carbocycles. The van der Waals surface area contributed by atoms with Gasteiger partial charge >= 0.3 is 11.9 Å². The third-order valence-corrected chi connectivity index (χ3v) is 4.83. The van der Waals surface area contributed by atoms with Crippen LogP contribution in [0.2, 0.25) is 0 Å². The molecule has 0 amide bonds. The molecule has 0 aliphatic carbocycles. The number of carbonyl (C=O) groups is 2. The molecule has 30 heavy (non-hydrogen) atoms. The Labute approximate surface area is 175 Å². The number of esters is 2. The van der Waals surface area contributed by atoms with Crippen LogP contribution in [-0.2, 0) is 16.0 Å². The molecule has 0 N–H and O–H groups in total. The summed E-state index contributed by atoms with van der Waals surface area (Å²) in [6.45, 7) is 3.90. The van der Waals surface area contributed by atoms with Crippen LogP contribution in [0.25, 0.3) is 5.69 Å². The zero-order valence-electron chi connectivity index (χ0n) is 17.5. The van der Waals surface area contributed by atoms with Gasteiger partial charge in [0.05, 0.1) is 37.6 Å². The van der Waals surface area contributed by atoms with E-state index in [1.165, 1.54) is 7.11 Å². The fraction of sp³-hybridized carbons (Fsp3) is 0.261. The van der Waals surface area contributed by atoms with Gasteiger partial charge in [-0.05, 0) is 62.2 Å². The summed E-state index contributed by atoms with van der Waals surface area (Å²) in [4.78, 5) is 23.8. The maximum atomic E-state index is 12.3. The van der Waals surface area contributed by atoms with Crippen LogP contribution in [0.15, 0.2) is 48.5 Å². The molecule has 7 heteroatoms. The highest BCUT2D eigenvalue weighted by atomic mass is 16.5. The number of hydrogen-bond acceptors (Lipinski definition) is 6. The number of benzene rings is 2. The Hall–Kier alpha value is -3.61. The van der Waals surface area contributed by atoms with Gasteiger partial charge in [-0.3, -0.25) is 4.79 Å². The van der Waals surface area contributed by atoms with Gasteiger partial charge in [0.15, 0.2) is 0 Å². The van der Waals surface area contributed by atoms with E-state index < -0.39 is 5.97 Å². The fourth-order valence-corrected chi connectivity index (χ4v) is 3.22. The number of aromatic nitrogens is 2. The van der Waals surface area contributed by atoms with Crippen molar-refractivity contribution in [2.24, 2.45) is 0 Å². The van der Waals surface area contributed by atoms with Crippen molar-refractivity contribution in [1.82, 2.24) is 9.78 Å². The molecule has 3 aromatic rings. The summed E-state index contributed by atoms with van der Waals surface area (Å²) in [5, 5.41) is 4.62. The average molecular weight is 408 g/mol. The summed E-state index contributed by atoms with van der Waals surface area (Å²) >= 11 is 0. The molecule has 0 atom stereocenters. The summed E-state index contributed by atoms with van der Waals surface area (Å²) in [5.74, 6) is 0.345. The average Bonchev–Trinajstić information content (AvgIpc) is 3.05. The Bertz CT molecular complexity index is 1050. The molecule has 156 valence electrons. The fourth-order valence-electron chi connectivity index (χ4n) is 3.22. The first-order valence-corrected chi connectivity index (χ1v) is 9.51. The number of nitrogens with zero attached hydrogens (tertiary/aromatic N) is 2. The highest BCUT2D eigenvalue weighted by Gasteiger charge is 2.15. The van der Waals surface area contributed by atoms with Gasteiger partial charge in [-0.1, -0.05) is 6.07 Å². The lowest BCUT2D eigenvalue weighted by molar-refractivity contribution is -0.134. The minimum Gasteiger partial charge on any atom is -0.497 e. The number of hydrogen-bond donors (Lipinski definition) is 0. The highest BCUT2D eigenvalue weighted by Crippen LogP contribution is 2.22. The standard InChI is InChI=1S/C23H24N2O5/c1-15-21(16(2)25(24-15)18-6-5-7-20(14-18)28-3)12-13-22(26)30-19-10-8-17(9-11-19)23(27)29-4/h5-11,14H,12-13H2,1-4H3. The van der Waals surface area contributed by atoms with Gasteiger partial charge in [-0.25, -0.2) is 9.48 Å². The minimum absolute atomic E-state index is 0.213. The van der Waals surface area contributed by atoms with E-state index in [1.54, 1.807) is 31.4 Å². The molecule has 0 bridgehead atoms. The van der Waals surface area contributed by atoms with Gasteiger partial charge in [0.2, 0.25) is 0 Å². The summed E-state index contributed by atoms with van der Waals surface area (Å²) < 4.78 is 17.2. The molecule has 0 saturated heterocycles. The maximum absolute atomic E-state index is 12.3. The van der Waals surface area contributed by atoms with Gasteiger partial charge in [-0.15, -0.1) is 0 Å². The van der Waals surface area contributed by atoms with E-state index in [0.717, 1.165) is 28.4 Å². The van der Waals surface area contributed by atoms with Crippen molar-refractivity contribution in [1.29, 1.82) is 0 Å². The molecule has 7 nitrogen and oxygen atoms in total. The zero-order chi connectivity index (χ0) is 21.7. The van der Waals surface area contributed by atoms with E-state index in [2.05, 4.69) is 9.84 Å². The molecule has 2 aromatic carbocycles. The quantitative estimate of drug-likeness (QED) is 0.437. The van der Waals surface area contributed by atoms with Gasteiger partial charge in [-0.2, -0.15) is 5.10 Å². The van der Waals surface area contributed by atoms with Crippen molar-refractivity contribution < 1.29 is 23.8 Å². The maximum Gasteiger partial charge on any atom is 0.337 e. The van der Waals surface area contributed by atoms with Crippen molar-refractivity contribution in [3.63, 3.8) is 0 Å². The first-order valence-electron chi connectivity index (χ1n) is 9.51. The van der Waals surface area contributed by atoms with Crippen LogP contribution in [0, 0.1) is 13.8 Å². The van der Waals surface area contributed by atoms with Crippen LogP contribution >= 0.6 is 0 Å². The number of methoxy groups -OCH3 is 2. The Morgan fingerprint density at radius 2 is 1.73 bits per heavy atom. The SMILES string of the molecule is COC(=O)c1ccc(OC(=O)CCc2c(C)nn(-c3cccc(OC)c3)c2C)cc1. The second-order valence-corrected chi connectivity index (χ2v) is 6.75. The molecule has 1 heterocycles. The van der Waals surface area contributed by atoms with E-state index in [9.17, 15) is 9.59 Å². The van der Waals surface area contributed by atoms with E-state index >= 15 is 0 Å². The number of aryl methyl sites for hydroxylation is 1. The second-order valence-electron chi connectivity index (χ2n) is 6.75. The van der Waals surface area contributed by atoms with Gasteiger partial charge in [0, 0.05) is 11.8 Å². The van der Waals surface area contributed by atoms with Crippen LogP contribution in [-0.4, -0.2) is 35.9 Å². The predicted octanol–water partition coefficient (Wildman–Crippen LogP) is 3.82. The van der Waals surface area contributed by atoms with Crippen LogP contribution in [0.5, 0.6) is 11.5 Å². The Morgan fingerprint density at radius 3 is 2.40 bits per heavy atom. The molecule has 0 fully saturated rings. The van der Waals surface area contributed by atoms with E-state index in [1.807, 2.05) is 42.8 Å². The van der Waals surface area contributed by atoms with Crippen LogP contribution in [0.3, 0.4) is 0 Å². The lowest BCUT2D eigenvalue weighted by atomic mass is 10.1. The van der Waals surface area contributed by atoms with Crippen molar-refractivity contribution in [3.8, 4) is 17.2 Å². The third-order valence-electron chi connectivity index (χ3n) is 4.83. The Kier molecular flexibility index (Phi) is 6.51. The number of ether oxygens (including phenoxy) is 3. The monoisotopic (exact) mass is 408 g/mol. The molecular weight excluding hydrogens is 384 g/mol. The van der Waals surface area contributed by atoms with Gasteiger partial charge in [0.1, 0.15) is 11.5 Å². The minimum atomic E-state index is -0.438. The molecule has 3 rings (SSSR count). The molecule has 0 spiro atoms. The van der Waals surface area contributed by atoms with Crippen LogP contribution < -0.4 is 9.47 Å². The number of carbonyl (C=O) groups excluding carboxylic acids is 2. The first-order chi connectivity index (χ1) is 14.4. The summed E-state index contributed by atoms with van der Waals surface area (Å²) in [6, 6.07) is 13.9. The van der Waals surface area contributed by atoms with E-state index in [4.69, 9.17) is 9.47 Å². The zero-order valence-corrected chi connectivity index (χ0v) is 17.5. The molecule has 0 unspecified atom stereocenters. The highest BCUT2D eigenvalue weighted by molar-refractivity contribution is 5.89. The second kappa shape index (κ2) is 9.26. The smallest absolute Gasteiger partial charge is 0.337 e. The summed E-state index contributed by atoms with van der Waals surface area (Å²) in [6.07, 6.45) is 0.727. The summed E-state index contributed by atoms with van der Waals surface area (Å²) in [7, 11) is 2.94. The van der Waals surface area contributed by atoms with Gasteiger partial charge in [0.25, 0.3) is 0 Å². The normalized spacial score (nSPS) is 10.5. The van der Waals surface area contributed by atoms with Crippen molar-refractivity contribution in [2.75, 3.05) is 14.2 Å². The molecule has 0 aliphatic rings. The largest absolute Gasteiger partial charge is 0.497 e. The Morgan fingerprint density at radius 1 is 1.00 bits per heavy atom. The third kappa shape index (κ3) is 4.68. The van der Waals surface area contributed by atoms with E-state index in [-0.39, 0.29) is 12.4 Å². The van der Waals surface area contributed by atoms with Crippen molar-refractivity contribution in [3.05, 3.63) is 71.0 Å². The van der Waals surface area contributed by atoms with Gasteiger partial charge < -0.3 is 14.2 Å². The van der Waals surface area contributed by atoms with Crippen molar-refractivity contribution >= 4 is 11.9 Å².